The Kier molecular flexibility index (Phi) is 5.15. The molecule has 1 aromatic carbocycles. The summed E-state index contributed by atoms with van der Waals surface area (Å²) in [5.74, 6) is -1.49. The van der Waals surface area contributed by atoms with Crippen LogP contribution in [0.4, 0.5) is 0 Å². The summed E-state index contributed by atoms with van der Waals surface area (Å²) in [6, 6.07) is 6.19. The molecule has 0 saturated heterocycles. The molecule has 1 heterocycles. The van der Waals surface area contributed by atoms with Crippen molar-refractivity contribution in [2.24, 2.45) is 0 Å². The Labute approximate surface area is 139 Å². The number of aromatic carboxylic acids is 1. The fraction of sp³-hybridized carbons (Fsp3) is 0.353. The Balaban J connectivity index is 1.95. The molecule has 0 aliphatic rings. The number of aromatic nitrogens is 1. The predicted octanol–water partition coefficient (Wildman–Crippen LogP) is 3.11. The van der Waals surface area contributed by atoms with E-state index in [-0.39, 0.29) is 22.4 Å². The van der Waals surface area contributed by atoms with Gasteiger partial charge in [0, 0.05) is 23.8 Å². The summed E-state index contributed by atoms with van der Waals surface area (Å²) in [6.45, 7) is 6.74. The molecule has 0 bridgehead atoms. The number of nitrogens with zero attached hydrogens (tertiary/aromatic N) is 1. The number of nitrogens with one attached hydrogen (secondary N) is 1. The van der Waals surface area contributed by atoms with Gasteiger partial charge >= 0.3 is 5.97 Å². The number of benzene rings is 1. The lowest BCUT2D eigenvalue weighted by molar-refractivity contribution is 0.0691. The molecule has 2 rings (SSSR count). The van der Waals surface area contributed by atoms with Gasteiger partial charge in [-0.3, -0.25) is 4.79 Å². The zero-order chi connectivity index (χ0) is 17.0. The topological polar surface area (TPSA) is 79.3 Å². The van der Waals surface area contributed by atoms with Gasteiger partial charge in [0.1, 0.15) is 0 Å². The minimum Gasteiger partial charge on any atom is -0.478 e. The summed E-state index contributed by atoms with van der Waals surface area (Å²) in [5, 5.41) is 14.9. The van der Waals surface area contributed by atoms with Crippen molar-refractivity contribution in [3.63, 3.8) is 0 Å². The van der Waals surface area contributed by atoms with Crippen LogP contribution in [0.5, 0.6) is 0 Å². The van der Waals surface area contributed by atoms with E-state index in [1.807, 2.05) is 5.38 Å². The summed E-state index contributed by atoms with van der Waals surface area (Å²) in [6.07, 6.45) is 0.627. The van der Waals surface area contributed by atoms with Crippen LogP contribution in [-0.2, 0) is 11.8 Å². The third-order valence-corrected chi connectivity index (χ3v) is 4.26. The second-order valence-electron chi connectivity index (χ2n) is 6.23. The molecule has 2 aromatic rings. The number of thiazole rings is 1. The van der Waals surface area contributed by atoms with Crippen LogP contribution in [0.1, 0.15) is 52.2 Å². The molecule has 1 amide bonds. The summed E-state index contributed by atoms with van der Waals surface area (Å²) in [4.78, 5) is 27.8. The predicted molar refractivity (Wildman–Crippen MR) is 90.3 cm³/mol. The van der Waals surface area contributed by atoms with Crippen LogP contribution in [0.25, 0.3) is 0 Å². The highest BCUT2D eigenvalue weighted by Crippen LogP contribution is 2.23. The number of carboxylic acids is 1. The average Bonchev–Trinajstić information content (AvgIpc) is 2.96. The largest absolute Gasteiger partial charge is 0.478 e. The molecule has 122 valence electrons. The van der Waals surface area contributed by atoms with Crippen molar-refractivity contribution in [2.75, 3.05) is 6.54 Å². The maximum atomic E-state index is 12.1. The van der Waals surface area contributed by atoms with Crippen molar-refractivity contribution in [1.82, 2.24) is 10.3 Å². The van der Waals surface area contributed by atoms with Crippen LogP contribution >= 0.6 is 11.3 Å². The van der Waals surface area contributed by atoms with Crippen molar-refractivity contribution in [2.45, 2.75) is 32.6 Å². The quantitative estimate of drug-likeness (QED) is 0.882. The van der Waals surface area contributed by atoms with Gasteiger partial charge in [-0.2, -0.15) is 0 Å². The molecule has 0 aliphatic heterocycles. The van der Waals surface area contributed by atoms with E-state index in [9.17, 15) is 9.59 Å². The lowest BCUT2D eigenvalue weighted by Crippen LogP contribution is -2.27. The third-order valence-electron chi connectivity index (χ3n) is 3.35. The highest BCUT2D eigenvalue weighted by atomic mass is 32.1. The van der Waals surface area contributed by atoms with Gasteiger partial charge in [0.15, 0.2) is 0 Å². The molecule has 0 radical (unpaired) electrons. The van der Waals surface area contributed by atoms with E-state index in [1.165, 1.54) is 12.1 Å². The molecule has 0 saturated carbocycles. The van der Waals surface area contributed by atoms with E-state index in [2.05, 4.69) is 31.1 Å². The fourth-order valence-electron chi connectivity index (χ4n) is 2.02. The molecular formula is C17H20N2O3S. The molecule has 1 aromatic heterocycles. The Morgan fingerprint density at radius 1 is 1.22 bits per heavy atom. The Morgan fingerprint density at radius 2 is 1.87 bits per heavy atom. The molecule has 0 unspecified atom stereocenters. The smallest absolute Gasteiger partial charge is 0.336 e. The van der Waals surface area contributed by atoms with Gasteiger partial charge in [0.05, 0.1) is 21.8 Å². The van der Waals surface area contributed by atoms with E-state index in [1.54, 1.807) is 23.5 Å². The lowest BCUT2D eigenvalue weighted by atomic mass is 9.93. The van der Waals surface area contributed by atoms with Gasteiger partial charge in [0.2, 0.25) is 0 Å². The zero-order valence-corrected chi connectivity index (χ0v) is 14.2. The first-order chi connectivity index (χ1) is 10.8. The molecule has 5 nitrogen and oxygen atoms in total. The first kappa shape index (κ1) is 17.1. The molecule has 0 spiro atoms. The van der Waals surface area contributed by atoms with Crippen molar-refractivity contribution in [3.8, 4) is 0 Å². The van der Waals surface area contributed by atoms with Crippen molar-refractivity contribution >= 4 is 23.2 Å². The molecule has 0 atom stereocenters. The van der Waals surface area contributed by atoms with E-state index in [4.69, 9.17) is 5.11 Å². The summed E-state index contributed by atoms with van der Waals surface area (Å²) >= 11 is 1.58. The summed E-state index contributed by atoms with van der Waals surface area (Å²) in [5.41, 5.74) is 1.24. The molecule has 6 heteroatoms. The second kappa shape index (κ2) is 6.91. The van der Waals surface area contributed by atoms with Gasteiger partial charge in [-0.1, -0.05) is 32.9 Å². The number of carbonyl (C=O) groups excluding carboxylic acids is 1. The van der Waals surface area contributed by atoms with Crippen molar-refractivity contribution in [1.29, 1.82) is 0 Å². The van der Waals surface area contributed by atoms with Crippen molar-refractivity contribution in [3.05, 3.63) is 51.5 Å². The standard InChI is InChI=1S/C17H20N2O3S/c1-17(2,3)13-10-23-14(19-13)8-9-18-15(20)11-6-4-5-7-12(11)16(21)22/h4-7,10H,8-9H2,1-3H3,(H,18,20)(H,21,22). The van der Waals surface area contributed by atoms with Gasteiger partial charge in [0.25, 0.3) is 5.91 Å². The number of carbonyl (C=O) groups is 2. The molecular weight excluding hydrogens is 312 g/mol. The van der Waals surface area contributed by atoms with E-state index >= 15 is 0 Å². The monoisotopic (exact) mass is 332 g/mol. The molecule has 23 heavy (non-hydrogen) atoms. The SMILES string of the molecule is CC(C)(C)c1csc(CCNC(=O)c2ccccc2C(=O)O)n1. The van der Waals surface area contributed by atoms with Crippen LogP contribution in [0.15, 0.2) is 29.6 Å². The van der Waals surface area contributed by atoms with Gasteiger partial charge < -0.3 is 10.4 Å². The molecule has 0 fully saturated rings. The zero-order valence-electron chi connectivity index (χ0n) is 13.4. The summed E-state index contributed by atoms with van der Waals surface area (Å²) < 4.78 is 0. The highest BCUT2D eigenvalue weighted by Gasteiger charge is 2.18. The van der Waals surface area contributed by atoms with Crippen LogP contribution < -0.4 is 5.32 Å². The highest BCUT2D eigenvalue weighted by molar-refractivity contribution is 7.09. The third kappa shape index (κ3) is 4.39. The average molecular weight is 332 g/mol. The van der Waals surface area contributed by atoms with E-state index in [0.29, 0.717) is 13.0 Å². The van der Waals surface area contributed by atoms with Gasteiger partial charge in [-0.05, 0) is 12.1 Å². The molecule has 0 aliphatic carbocycles. The Bertz CT molecular complexity index is 717. The van der Waals surface area contributed by atoms with Crippen LogP contribution in [-0.4, -0.2) is 28.5 Å². The van der Waals surface area contributed by atoms with E-state index in [0.717, 1.165) is 10.7 Å². The number of amides is 1. The number of hydrogen-bond acceptors (Lipinski definition) is 4. The second-order valence-corrected chi connectivity index (χ2v) is 7.18. The number of rotatable bonds is 5. The first-order valence-electron chi connectivity index (χ1n) is 7.34. The number of hydrogen-bond donors (Lipinski definition) is 2. The Hall–Kier alpha value is -2.21. The minimum atomic E-state index is -1.11. The van der Waals surface area contributed by atoms with Crippen LogP contribution in [0.2, 0.25) is 0 Å². The normalized spacial score (nSPS) is 11.3. The lowest BCUT2D eigenvalue weighted by Gasteiger charge is -2.14. The molecule has 2 N–H and O–H groups in total. The van der Waals surface area contributed by atoms with Gasteiger partial charge in [-0.15, -0.1) is 11.3 Å². The van der Waals surface area contributed by atoms with Gasteiger partial charge in [-0.25, -0.2) is 9.78 Å². The summed E-state index contributed by atoms with van der Waals surface area (Å²) in [7, 11) is 0. The number of carboxylic acid groups (broad SMARTS) is 1. The van der Waals surface area contributed by atoms with Crippen LogP contribution in [0, 0.1) is 0 Å². The Morgan fingerprint density at radius 3 is 2.43 bits per heavy atom. The van der Waals surface area contributed by atoms with E-state index < -0.39 is 5.97 Å². The fourth-order valence-corrected chi connectivity index (χ4v) is 3.04. The maximum absolute atomic E-state index is 12.1. The minimum absolute atomic E-state index is 0.00858. The van der Waals surface area contributed by atoms with Crippen LogP contribution in [0.3, 0.4) is 0 Å². The van der Waals surface area contributed by atoms with Crippen molar-refractivity contribution < 1.29 is 14.7 Å². The first-order valence-corrected chi connectivity index (χ1v) is 8.22. The maximum Gasteiger partial charge on any atom is 0.336 e.